The van der Waals surface area contributed by atoms with E-state index in [0.717, 1.165) is 13.1 Å². The van der Waals surface area contributed by atoms with Crippen molar-refractivity contribution in [3.8, 4) is 0 Å². The molecule has 1 atom stereocenters. The number of rotatable bonds is 2. The van der Waals surface area contributed by atoms with Crippen LogP contribution >= 0.6 is 11.3 Å². The minimum atomic E-state index is -0.471. The van der Waals surface area contributed by atoms with Crippen molar-refractivity contribution >= 4 is 23.2 Å². The highest BCUT2D eigenvalue weighted by Gasteiger charge is 2.48. The van der Waals surface area contributed by atoms with Crippen molar-refractivity contribution in [1.82, 2.24) is 14.8 Å². The number of nitrogens with zero attached hydrogens (tertiary/aromatic N) is 3. The van der Waals surface area contributed by atoms with Gasteiger partial charge in [-0.25, -0.2) is 4.98 Å². The number of esters is 1. The monoisotopic (exact) mass is 309 g/mol. The first-order valence-electron chi connectivity index (χ1n) is 7.10. The van der Waals surface area contributed by atoms with E-state index < -0.39 is 5.41 Å². The first-order valence-corrected chi connectivity index (χ1v) is 7.98. The van der Waals surface area contributed by atoms with Gasteiger partial charge < -0.3 is 9.64 Å². The van der Waals surface area contributed by atoms with E-state index in [1.807, 2.05) is 24.1 Å². The molecule has 7 heteroatoms. The number of aromatic nitrogens is 1. The summed E-state index contributed by atoms with van der Waals surface area (Å²) in [6.45, 7) is 7.18. The summed E-state index contributed by atoms with van der Waals surface area (Å²) in [4.78, 5) is 32.2. The van der Waals surface area contributed by atoms with Crippen molar-refractivity contribution in [2.45, 2.75) is 19.9 Å². The molecule has 1 aromatic heterocycles. The SMILES string of the molecule is CC1(C)C(=O)OC[C@@H]1N1CCN(C(=O)c2nccs2)CC1. The summed E-state index contributed by atoms with van der Waals surface area (Å²) in [7, 11) is 0. The summed E-state index contributed by atoms with van der Waals surface area (Å²) >= 11 is 1.37. The molecule has 6 nitrogen and oxygen atoms in total. The number of hydrogen-bond donors (Lipinski definition) is 0. The number of ether oxygens (including phenoxy) is 1. The quantitative estimate of drug-likeness (QED) is 0.758. The third-order valence-corrected chi connectivity index (χ3v) is 5.15. The van der Waals surface area contributed by atoms with Crippen LogP contribution in [0.1, 0.15) is 23.6 Å². The molecule has 1 aromatic rings. The van der Waals surface area contributed by atoms with E-state index in [1.54, 1.807) is 6.20 Å². The Bertz CT molecular complexity index is 536. The number of carbonyl (C=O) groups is 2. The lowest BCUT2D eigenvalue weighted by molar-refractivity contribution is -0.145. The van der Waals surface area contributed by atoms with Crippen LogP contribution in [-0.4, -0.2) is 65.5 Å². The summed E-state index contributed by atoms with van der Waals surface area (Å²) in [5.41, 5.74) is -0.471. The Morgan fingerprint density at radius 2 is 2.10 bits per heavy atom. The van der Waals surface area contributed by atoms with Gasteiger partial charge in [-0.1, -0.05) is 0 Å². The van der Waals surface area contributed by atoms with Crippen molar-refractivity contribution in [3.63, 3.8) is 0 Å². The average Bonchev–Trinajstić information content (AvgIpc) is 3.08. The fourth-order valence-corrected chi connectivity index (χ4v) is 3.55. The smallest absolute Gasteiger partial charge is 0.313 e. The van der Waals surface area contributed by atoms with Gasteiger partial charge in [0.05, 0.1) is 11.5 Å². The molecule has 0 N–H and O–H groups in total. The number of thiazole rings is 1. The molecule has 0 bridgehead atoms. The van der Waals surface area contributed by atoms with Gasteiger partial charge in [-0.15, -0.1) is 11.3 Å². The molecular formula is C14H19N3O3S. The molecule has 0 radical (unpaired) electrons. The highest BCUT2D eigenvalue weighted by atomic mass is 32.1. The number of amides is 1. The first-order chi connectivity index (χ1) is 10.00. The van der Waals surface area contributed by atoms with E-state index in [9.17, 15) is 9.59 Å². The molecule has 2 saturated heterocycles. The molecule has 2 aliphatic heterocycles. The summed E-state index contributed by atoms with van der Waals surface area (Å²) in [5.74, 6) is -0.128. The molecule has 0 aromatic carbocycles. The standard InChI is InChI=1S/C14H19N3O3S/c1-14(2)10(9-20-13(14)19)16-4-6-17(7-5-16)12(18)11-15-3-8-21-11/h3,8,10H,4-7,9H2,1-2H3/t10-/m0/s1. The van der Waals surface area contributed by atoms with Crippen LogP contribution in [0.4, 0.5) is 0 Å². The third kappa shape index (κ3) is 2.55. The maximum atomic E-state index is 12.2. The van der Waals surface area contributed by atoms with Gasteiger partial charge >= 0.3 is 5.97 Å². The Kier molecular flexibility index (Phi) is 3.71. The van der Waals surface area contributed by atoms with Gasteiger partial charge in [0.2, 0.25) is 0 Å². The summed E-state index contributed by atoms with van der Waals surface area (Å²) in [6.07, 6.45) is 1.65. The van der Waals surface area contributed by atoms with Gasteiger partial charge in [0, 0.05) is 37.8 Å². The predicted octanol–water partition coefficient (Wildman–Crippen LogP) is 0.852. The maximum absolute atomic E-state index is 12.2. The van der Waals surface area contributed by atoms with Gasteiger partial charge in [0.15, 0.2) is 5.01 Å². The van der Waals surface area contributed by atoms with E-state index in [1.165, 1.54) is 11.3 Å². The Morgan fingerprint density at radius 3 is 2.62 bits per heavy atom. The zero-order valence-corrected chi connectivity index (χ0v) is 13.1. The van der Waals surface area contributed by atoms with Crippen molar-refractivity contribution in [3.05, 3.63) is 16.6 Å². The van der Waals surface area contributed by atoms with E-state index >= 15 is 0 Å². The zero-order chi connectivity index (χ0) is 15.0. The molecule has 3 heterocycles. The lowest BCUT2D eigenvalue weighted by Gasteiger charge is -2.40. The molecule has 1 amide bonds. The summed E-state index contributed by atoms with van der Waals surface area (Å²) < 4.78 is 5.20. The van der Waals surface area contributed by atoms with Crippen LogP contribution in [0.3, 0.4) is 0 Å². The normalized spacial score (nSPS) is 25.9. The largest absolute Gasteiger partial charge is 0.464 e. The van der Waals surface area contributed by atoms with E-state index in [2.05, 4.69) is 9.88 Å². The van der Waals surface area contributed by atoms with Crippen molar-refractivity contribution in [2.24, 2.45) is 5.41 Å². The minimum Gasteiger partial charge on any atom is -0.464 e. The molecule has 0 aliphatic carbocycles. The fraction of sp³-hybridized carbons (Fsp3) is 0.643. The number of carbonyl (C=O) groups excluding carboxylic acids is 2. The molecule has 21 heavy (non-hydrogen) atoms. The Balaban J connectivity index is 1.61. The molecule has 2 fully saturated rings. The van der Waals surface area contributed by atoms with Crippen LogP contribution in [-0.2, 0) is 9.53 Å². The van der Waals surface area contributed by atoms with Gasteiger partial charge in [0.1, 0.15) is 6.61 Å². The van der Waals surface area contributed by atoms with Gasteiger partial charge in [0.25, 0.3) is 5.91 Å². The van der Waals surface area contributed by atoms with Crippen LogP contribution < -0.4 is 0 Å². The number of cyclic esters (lactones) is 1. The molecule has 3 rings (SSSR count). The Hall–Kier alpha value is -1.47. The van der Waals surface area contributed by atoms with Crippen molar-refractivity contribution in [2.75, 3.05) is 32.8 Å². The second-order valence-corrected chi connectivity index (χ2v) is 6.90. The molecule has 0 saturated carbocycles. The van der Waals surface area contributed by atoms with E-state index in [-0.39, 0.29) is 17.9 Å². The first kappa shape index (κ1) is 14.5. The van der Waals surface area contributed by atoms with Crippen molar-refractivity contribution < 1.29 is 14.3 Å². The predicted molar refractivity (Wildman–Crippen MR) is 78.1 cm³/mol. The Labute approximate surface area is 127 Å². The van der Waals surface area contributed by atoms with Crippen LogP contribution in [0.15, 0.2) is 11.6 Å². The average molecular weight is 309 g/mol. The van der Waals surface area contributed by atoms with E-state index in [0.29, 0.717) is 24.7 Å². The topological polar surface area (TPSA) is 62.7 Å². The summed E-state index contributed by atoms with van der Waals surface area (Å²) in [5, 5.41) is 2.36. The highest BCUT2D eigenvalue weighted by molar-refractivity contribution is 7.11. The second kappa shape index (κ2) is 5.38. The minimum absolute atomic E-state index is 0.00246. The van der Waals surface area contributed by atoms with E-state index in [4.69, 9.17) is 4.74 Å². The zero-order valence-electron chi connectivity index (χ0n) is 12.2. The van der Waals surface area contributed by atoms with Crippen LogP contribution in [0.25, 0.3) is 0 Å². The molecular weight excluding hydrogens is 290 g/mol. The Morgan fingerprint density at radius 1 is 1.38 bits per heavy atom. The highest BCUT2D eigenvalue weighted by Crippen LogP contribution is 2.33. The van der Waals surface area contributed by atoms with Gasteiger partial charge in [-0.05, 0) is 13.8 Å². The molecule has 0 unspecified atom stereocenters. The van der Waals surface area contributed by atoms with Crippen LogP contribution in [0.2, 0.25) is 0 Å². The molecule has 0 spiro atoms. The molecule has 2 aliphatic rings. The number of piperazine rings is 1. The summed E-state index contributed by atoms with van der Waals surface area (Å²) in [6, 6.07) is 0.0992. The second-order valence-electron chi connectivity index (χ2n) is 6.00. The van der Waals surface area contributed by atoms with Crippen molar-refractivity contribution in [1.29, 1.82) is 0 Å². The van der Waals surface area contributed by atoms with Gasteiger partial charge in [-0.2, -0.15) is 0 Å². The lowest BCUT2D eigenvalue weighted by atomic mass is 9.85. The lowest BCUT2D eigenvalue weighted by Crippen LogP contribution is -2.55. The van der Waals surface area contributed by atoms with Gasteiger partial charge in [-0.3, -0.25) is 14.5 Å². The fourth-order valence-electron chi connectivity index (χ4n) is 2.95. The van der Waals surface area contributed by atoms with Crippen LogP contribution in [0.5, 0.6) is 0 Å². The van der Waals surface area contributed by atoms with Crippen LogP contribution in [0, 0.1) is 5.41 Å². The molecule has 114 valence electrons. The number of hydrogen-bond acceptors (Lipinski definition) is 6. The third-order valence-electron chi connectivity index (χ3n) is 4.39. The maximum Gasteiger partial charge on any atom is 0.313 e.